The molecule has 0 saturated carbocycles. The second-order valence-corrected chi connectivity index (χ2v) is 9.47. The molecule has 3 atom stereocenters. The Morgan fingerprint density at radius 3 is 1.59 bits per heavy atom. The van der Waals surface area contributed by atoms with Crippen molar-refractivity contribution in [2.75, 3.05) is 13.2 Å². The summed E-state index contributed by atoms with van der Waals surface area (Å²) in [5, 5.41) is 5.47. The van der Waals surface area contributed by atoms with Gasteiger partial charge in [0.1, 0.15) is 0 Å². The van der Waals surface area contributed by atoms with Crippen LogP contribution in [0.4, 0.5) is 0 Å². The van der Waals surface area contributed by atoms with Crippen LogP contribution in [0.15, 0.2) is 0 Å². The fourth-order valence-electron chi connectivity index (χ4n) is 2.82. The van der Waals surface area contributed by atoms with Crippen molar-refractivity contribution in [2.24, 2.45) is 11.8 Å². The molecule has 0 aliphatic rings. The van der Waals surface area contributed by atoms with Crippen LogP contribution in [0.25, 0.3) is 0 Å². The zero-order chi connectivity index (χ0) is 25.2. The molecule has 0 aromatic heterocycles. The Balaban J connectivity index is -0.000000395. The number of aliphatic carboxylic acids is 1. The van der Waals surface area contributed by atoms with E-state index < -0.39 is 39.7 Å². The first-order valence-corrected chi connectivity index (χ1v) is 12.9. The van der Waals surface area contributed by atoms with Gasteiger partial charge in [-0.25, -0.2) is 0 Å². The Labute approximate surface area is 246 Å². The maximum absolute atomic E-state index is 12.2. The van der Waals surface area contributed by atoms with Crippen LogP contribution in [-0.4, -0.2) is 78.4 Å². The first kappa shape index (κ1) is 41.3. The van der Waals surface area contributed by atoms with Gasteiger partial charge < -0.3 is 16.0 Å². The number of carboxylic acids is 1. The first-order chi connectivity index (χ1) is 14.9. The summed E-state index contributed by atoms with van der Waals surface area (Å²) in [6.45, 7) is 9.43. The minimum atomic E-state index is -4.76. The van der Waals surface area contributed by atoms with E-state index in [9.17, 15) is 22.6 Å². The number of unbranched alkanes of at least 4 members (excludes halogenated alkanes) is 2. The number of ether oxygens (including phenoxy) is 2. The molecule has 0 bridgehead atoms. The first-order valence-electron chi connectivity index (χ1n) is 11.4. The zero-order valence-corrected chi connectivity index (χ0v) is 28.7. The number of carbonyl (C=O) groups excluding carboxylic acids is 2. The number of carboxylic acid groups (broad SMARTS) is 1. The number of hydrogen-bond donors (Lipinski definition) is 2. The van der Waals surface area contributed by atoms with Gasteiger partial charge in [-0.2, -0.15) is 8.42 Å². The van der Waals surface area contributed by atoms with Gasteiger partial charge in [-0.1, -0.05) is 66.2 Å². The number of rotatable bonds is 16. The molecule has 0 fully saturated rings. The quantitative estimate of drug-likeness (QED) is 0.142. The van der Waals surface area contributed by atoms with Gasteiger partial charge in [-0.3, -0.25) is 18.9 Å². The van der Waals surface area contributed by atoms with Gasteiger partial charge in [0.2, 0.25) is 0 Å². The van der Waals surface area contributed by atoms with Gasteiger partial charge in [0.15, 0.2) is 5.25 Å². The van der Waals surface area contributed by atoms with Crippen LogP contribution in [-0.2, 0) is 34.0 Å². The minimum absolute atomic E-state index is 0. The van der Waals surface area contributed by atoms with Gasteiger partial charge in [0, 0.05) is 6.92 Å². The Morgan fingerprint density at radius 2 is 1.26 bits per heavy atom. The predicted octanol–water partition coefficient (Wildman–Crippen LogP) is 0.443. The zero-order valence-electron chi connectivity index (χ0n) is 22.9. The third-order valence-electron chi connectivity index (χ3n) is 5.00. The van der Waals surface area contributed by atoms with E-state index in [1.165, 1.54) is 0 Å². The predicted molar refractivity (Wildman–Crippen MR) is 131 cm³/mol. The van der Waals surface area contributed by atoms with Crippen molar-refractivity contribution < 1.29 is 72.9 Å². The van der Waals surface area contributed by atoms with E-state index in [1.807, 2.05) is 13.8 Å². The molecular weight excluding hydrogens is 582 g/mol. The van der Waals surface area contributed by atoms with Crippen LogP contribution in [0.1, 0.15) is 93.8 Å². The summed E-state index contributed by atoms with van der Waals surface area (Å²) in [6.07, 6.45) is 6.74. The van der Waals surface area contributed by atoms with Gasteiger partial charge >= 0.3 is 65.4 Å². The molecule has 0 aliphatic carbocycles. The summed E-state index contributed by atoms with van der Waals surface area (Å²) >= 11 is 0. The molecule has 0 spiro atoms. The normalized spacial score (nSPS) is 13.0. The molecule has 0 aliphatic heterocycles. The van der Waals surface area contributed by atoms with Crippen molar-refractivity contribution in [3.8, 4) is 0 Å². The van der Waals surface area contributed by atoms with E-state index in [0.29, 0.717) is 0 Å². The molecule has 0 amide bonds. The van der Waals surface area contributed by atoms with Crippen molar-refractivity contribution in [3.05, 3.63) is 0 Å². The molecule has 0 heterocycles. The van der Waals surface area contributed by atoms with Gasteiger partial charge in [0.05, 0.1) is 19.6 Å². The molecule has 0 aromatic carbocycles. The third-order valence-corrected chi connectivity index (χ3v) is 6.08. The average molecular weight is 627 g/mol. The van der Waals surface area contributed by atoms with E-state index in [2.05, 4.69) is 13.8 Å². The van der Waals surface area contributed by atoms with Crippen molar-refractivity contribution in [3.63, 3.8) is 0 Å². The summed E-state index contributed by atoms with van der Waals surface area (Å²) in [7, 11) is -4.76. The number of esters is 2. The molecule has 0 rings (SSSR count). The second-order valence-electron chi connectivity index (χ2n) is 7.87. The monoisotopic (exact) mass is 628 g/mol. The standard InChI is InChI=1S/C20H38O7S.C2H4O2.Na.Sn.3H/c1-5-9-11-16(7-3)14-26-19(21)13-18(28(23,24)25)20(22)27-15-17(8-4)12-10-6-2;1-2(3)4;;;;;/h16-18H,5-15H2,1-4H3,(H,23,24,25);1H3,(H,3,4);;;;;/q;;+1;;;;-1. The number of hydrogen-bond acceptors (Lipinski definition) is 7. The molecule has 2 radical (unpaired) electrons. The maximum atomic E-state index is 12.2. The molecule has 34 heavy (non-hydrogen) atoms. The summed E-state index contributed by atoms with van der Waals surface area (Å²) in [5.41, 5.74) is 0. The fourth-order valence-corrected chi connectivity index (χ4v) is 3.48. The summed E-state index contributed by atoms with van der Waals surface area (Å²) in [5.74, 6) is -2.44. The molecule has 0 saturated heterocycles. The van der Waals surface area contributed by atoms with E-state index in [4.69, 9.17) is 19.4 Å². The molecule has 3 unspecified atom stereocenters. The van der Waals surface area contributed by atoms with Crippen LogP contribution in [0.2, 0.25) is 0 Å². The third kappa shape index (κ3) is 23.8. The molecule has 0 aromatic rings. The Bertz CT molecular complexity index is 647. The van der Waals surface area contributed by atoms with E-state index in [1.54, 1.807) is 0 Å². The van der Waals surface area contributed by atoms with Crippen LogP contribution < -0.4 is 29.6 Å². The Morgan fingerprint density at radius 1 is 0.882 bits per heavy atom. The topological polar surface area (TPSA) is 144 Å². The Kier molecular flexibility index (Phi) is 30.1. The average Bonchev–Trinajstić information content (AvgIpc) is 2.70. The van der Waals surface area contributed by atoms with Crippen LogP contribution in [0.3, 0.4) is 0 Å². The van der Waals surface area contributed by atoms with E-state index >= 15 is 0 Å². The van der Waals surface area contributed by atoms with Crippen molar-refractivity contribution >= 4 is 51.9 Å². The van der Waals surface area contributed by atoms with Gasteiger partial charge in [0.25, 0.3) is 16.1 Å². The molecular formula is C22H45NaO9SSn. The van der Waals surface area contributed by atoms with Gasteiger partial charge in [-0.15, -0.1) is 0 Å². The Hall–Kier alpha value is 0.119. The molecule has 198 valence electrons. The SMILES string of the molecule is CC(=O)O.CCCCC(CC)COC(=O)CC(C(=O)OCC(CC)CCCC)S(=O)(=O)O.[H-].[Na+].[SnH2]. The van der Waals surface area contributed by atoms with E-state index in [-0.39, 0.29) is 79.9 Å². The molecule has 2 N–H and O–H groups in total. The summed E-state index contributed by atoms with van der Waals surface area (Å²) in [4.78, 5) is 33.2. The van der Waals surface area contributed by atoms with Crippen molar-refractivity contribution in [2.45, 2.75) is 97.7 Å². The number of carbonyl (C=O) groups is 3. The van der Waals surface area contributed by atoms with Gasteiger partial charge in [-0.05, 0) is 24.7 Å². The van der Waals surface area contributed by atoms with Crippen LogP contribution in [0.5, 0.6) is 0 Å². The van der Waals surface area contributed by atoms with Crippen molar-refractivity contribution in [1.29, 1.82) is 0 Å². The summed E-state index contributed by atoms with van der Waals surface area (Å²) < 4.78 is 42.8. The van der Waals surface area contributed by atoms with Crippen LogP contribution in [0, 0.1) is 11.8 Å². The van der Waals surface area contributed by atoms with Crippen molar-refractivity contribution in [1.82, 2.24) is 0 Å². The molecule has 9 nitrogen and oxygen atoms in total. The second kappa shape index (κ2) is 24.8. The molecule has 12 heteroatoms. The fraction of sp³-hybridized carbons (Fsp3) is 0.864. The van der Waals surface area contributed by atoms with E-state index in [0.717, 1.165) is 58.3 Å². The van der Waals surface area contributed by atoms with Crippen LogP contribution >= 0.6 is 0 Å². The summed E-state index contributed by atoms with van der Waals surface area (Å²) in [6, 6.07) is 0.